The fourth-order valence-electron chi connectivity index (χ4n) is 1.30. The molecule has 0 aliphatic rings. The Kier molecular flexibility index (Phi) is 3.22. The zero-order chi connectivity index (χ0) is 13.1. The van der Waals surface area contributed by atoms with Gasteiger partial charge >= 0.3 is 6.01 Å². The van der Waals surface area contributed by atoms with Crippen molar-refractivity contribution >= 4 is 0 Å². The summed E-state index contributed by atoms with van der Waals surface area (Å²) in [7, 11) is 3.02. The molecule has 94 valence electrons. The molecule has 2 aromatic heterocycles. The van der Waals surface area contributed by atoms with Crippen molar-refractivity contribution in [1.29, 1.82) is 0 Å². The fourth-order valence-corrected chi connectivity index (χ4v) is 1.30. The number of rotatable bonds is 3. The number of ether oxygens (including phenoxy) is 2. The summed E-state index contributed by atoms with van der Waals surface area (Å²) in [6, 6.07) is 4.71. The van der Waals surface area contributed by atoms with Crippen molar-refractivity contribution < 1.29 is 9.47 Å². The van der Waals surface area contributed by atoms with Gasteiger partial charge in [0.2, 0.25) is 11.8 Å². The largest absolute Gasteiger partial charge is 0.467 e. The van der Waals surface area contributed by atoms with Gasteiger partial charge in [0.15, 0.2) is 0 Å². The Labute approximate surface area is 103 Å². The summed E-state index contributed by atoms with van der Waals surface area (Å²) < 4.78 is 11.6. The number of hydrogen-bond acceptors (Lipinski definition) is 6. The Morgan fingerprint density at radius 1 is 1.22 bits per heavy atom. The van der Waals surface area contributed by atoms with Crippen molar-refractivity contribution in [2.75, 3.05) is 7.11 Å². The van der Waals surface area contributed by atoms with Gasteiger partial charge in [0.25, 0.3) is 5.56 Å². The lowest BCUT2D eigenvalue weighted by Crippen LogP contribution is -2.18. The van der Waals surface area contributed by atoms with Crippen LogP contribution in [0.25, 0.3) is 0 Å². The first-order chi connectivity index (χ1) is 8.58. The van der Waals surface area contributed by atoms with E-state index in [-0.39, 0.29) is 17.4 Å². The minimum Gasteiger partial charge on any atom is -0.467 e. The van der Waals surface area contributed by atoms with Gasteiger partial charge in [-0.15, -0.1) is 5.10 Å². The molecule has 0 atom stereocenters. The zero-order valence-corrected chi connectivity index (χ0v) is 10.2. The Hall–Kier alpha value is -2.44. The monoisotopic (exact) mass is 248 g/mol. The highest BCUT2D eigenvalue weighted by atomic mass is 16.5. The van der Waals surface area contributed by atoms with Gasteiger partial charge in [-0.25, -0.2) is 9.67 Å². The number of nitrogens with zero attached hydrogens (tertiary/aromatic N) is 4. The minimum absolute atomic E-state index is 0.209. The number of methoxy groups -OCH3 is 1. The molecule has 7 heteroatoms. The van der Waals surface area contributed by atoms with E-state index in [1.165, 1.54) is 23.9 Å². The smallest absolute Gasteiger partial charge is 0.319 e. The molecule has 2 rings (SSSR count). The summed E-state index contributed by atoms with van der Waals surface area (Å²) in [5.74, 6) is 0.586. The highest BCUT2D eigenvalue weighted by molar-refractivity contribution is 5.22. The van der Waals surface area contributed by atoms with Crippen LogP contribution in [0.1, 0.15) is 5.69 Å². The molecule has 7 nitrogen and oxygen atoms in total. The molecule has 0 aliphatic carbocycles. The quantitative estimate of drug-likeness (QED) is 0.794. The molecule has 18 heavy (non-hydrogen) atoms. The van der Waals surface area contributed by atoms with Crippen LogP contribution in [-0.4, -0.2) is 26.9 Å². The summed E-state index contributed by atoms with van der Waals surface area (Å²) in [4.78, 5) is 19.2. The third-order valence-corrected chi connectivity index (χ3v) is 2.14. The van der Waals surface area contributed by atoms with E-state index in [4.69, 9.17) is 9.47 Å². The van der Waals surface area contributed by atoms with Crippen molar-refractivity contribution in [2.45, 2.75) is 6.92 Å². The van der Waals surface area contributed by atoms with E-state index in [2.05, 4.69) is 15.1 Å². The molecule has 0 fully saturated rings. The molecule has 0 spiro atoms. The Bertz CT molecular complexity index is 624. The van der Waals surface area contributed by atoms with E-state index in [1.807, 2.05) is 0 Å². The normalized spacial score (nSPS) is 10.2. The second-order valence-corrected chi connectivity index (χ2v) is 3.57. The average Bonchev–Trinajstić information content (AvgIpc) is 2.33. The summed E-state index contributed by atoms with van der Waals surface area (Å²) >= 11 is 0. The second-order valence-electron chi connectivity index (χ2n) is 3.57. The topological polar surface area (TPSA) is 79.1 Å². The number of hydrogen-bond donors (Lipinski definition) is 0. The van der Waals surface area contributed by atoms with Gasteiger partial charge in [0, 0.05) is 30.9 Å². The van der Waals surface area contributed by atoms with Crippen LogP contribution in [-0.2, 0) is 7.05 Å². The van der Waals surface area contributed by atoms with Gasteiger partial charge < -0.3 is 9.47 Å². The third-order valence-electron chi connectivity index (χ3n) is 2.14. The second kappa shape index (κ2) is 4.82. The SMILES string of the molecule is COc1nc(C)cc(Oc2ccc(=O)n(C)n2)n1. The summed E-state index contributed by atoms with van der Waals surface area (Å²) in [5.41, 5.74) is 0.500. The highest BCUT2D eigenvalue weighted by Gasteiger charge is 2.06. The first-order valence-electron chi connectivity index (χ1n) is 5.20. The molecule has 0 amide bonds. The lowest BCUT2D eigenvalue weighted by molar-refractivity contribution is 0.360. The van der Waals surface area contributed by atoms with Crippen molar-refractivity contribution in [2.24, 2.45) is 7.05 Å². The average molecular weight is 248 g/mol. The molecule has 0 aromatic carbocycles. The predicted octanol–water partition coefficient (Wildman–Crippen LogP) is 0.680. The van der Waals surface area contributed by atoms with Crippen LogP contribution < -0.4 is 15.0 Å². The summed E-state index contributed by atoms with van der Waals surface area (Å²) in [6.07, 6.45) is 0. The van der Waals surface area contributed by atoms with Gasteiger partial charge in [0.1, 0.15) is 0 Å². The molecule has 0 unspecified atom stereocenters. The van der Waals surface area contributed by atoms with E-state index in [0.29, 0.717) is 11.6 Å². The van der Waals surface area contributed by atoms with Crippen molar-refractivity contribution in [3.63, 3.8) is 0 Å². The van der Waals surface area contributed by atoms with Crippen LogP contribution >= 0.6 is 0 Å². The van der Waals surface area contributed by atoms with Gasteiger partial charge in [0.05, 0.1) is 7.11 Å². The minimum atomic E-state index is -0.209. The van der Waals surface area contributed by atoms with Crippen LogP contribution in [0.4, 0.5) is 0 Å². The van der Waals surface area contributed by atoms with Crippen LogP contribution in [0.15, 0.2) is 23.0 Å². The molecule has 0 radical (unpaired) electrons. The summed E-state index contributed by atoms with van der Waals surface area (Å²) in [6.45, 7) is 1.80. The first kappa shape index (κ1) is 12.0. The van der Waals surface area contributed by atoms with Gasteiger partial charge in [-0.3, -0.25) is 4.79 Å². The van der Waals surface area contributed by atoms with E-state index < -0.39 is 0 Å². The van der Waals surface area contributed by atoms with E-state index in [9.17, 15) is 4.79 Å². The van der Waals surface area contributed by atoms with Crippen LogP contribution in [0.2, 0.25) is 0 Å². The van der Waals surface area contributed by atoms with Gasteiger partial charge in [-0.05, 0) is 6.92 Å². The molecule has 0 saturated carbocycles. The molecule has 0 aliphatic heterocycles. The van der Waals surface area contributed by atoms with Gasteiger partial charge in [-0.2, -0.15) is 4.98 Å². The molecule has 0 N–H and O–H groups in total. The lowest BCUT2D eigenvalue weighted by Gasteiger charge is -2.06. The maximum Gasteiger partial charge on any atom is 0.319 e. The first-order valence-corrected chi connectivity index (χ1v) is 5.20. The highest BCUT2D eigenvalue weighted by Crippen LogP contribution is 2.18. The number of aromatic nitrogens is 4. The Balaban J connectivity index is 2.30. The predicted molar refractivity (Wildman–Crippen MR) is 62.9 cm³/mol. The Morgan fingerprint density at radius 3 is 2.67 bits per heavy atom. The standard InChI is InChI=1S/C11H12N4O3/c1-7-6-9(13-11(12-7)17-3)18-8-4-5-10(16)15(2)14-8/h4-6H,1-3H3. The van der Waals surface area contributed by atoms with Crippen molar-refractivity contribution in [3.05, 3.63) is 34.2 Å². The van der Waals surface area contributed by atoms with Crippen LogP contribution in [0.5, 0.6) is 17.8 Å². The van der Waals surface area contributed by atoms with Crippen LogP contribution in [0, 0.1) is 6.92 Å². The molecular weight excluding hydrogens is 236 g/mol. The molecule has 0 bridgehead atoms. The molecule has 2 aromatic rings. The zero-order valence-electron chi connectivity index (χ0n) is 10.2. The maximum atomic E-state index is 11.2. The van der Waals surface area contributed by atoms with Crippen molar-refractivity contribution in [3.8, 4) is 17.8 Å². The Morgan fingerprint density at radius 2 is 2.00 bits per heavy atom. The number of aryl methyl sites for hydroxylation is 2. The molecule has 2 heterocycles. The summed E-state index contributed by atoms with van der Waals surface area (Å²) in [5, 5.41) is 3.93. The third kappa shape index (κ3) is 2.62. The van der Waals surface area contributed by atoms with Crippen LogP contribution in [0.3, 0.4) is 0 Å². The molecular formula is C11H12N4O3. The van der Waals surface area contributed by atoms with Gasteiger partial charge in [-0.1, -0.05) is 0 Å². The lowest BCUT2D eigenvalue weighted by atomic mass is 10.4. The maximum absolute atomic E-state index is 11.2. The fraction of sp³-hybridized carbons (Fsp3) is 0.273. The molecule has 0 saturated heterocycles. The van der Waals surface area contributed by atoms with E-state index in [1.54, 1.807) is 20.0 Å². The van der Waals surface area contributed by atoms with E-state index >= 15 is 0 Å². The van der Waals surface area contributed by atoms with Crippen molar-refractivity contribution in [1.82, 2.24) is 19.7 Å². The van der Waals surface area contributed by atoms with E-state index in [0.717, 1.165) is 0 Å².